The Morgan fingerprint density at radius 1 is 1.12 bits per heavy atom. The molecule has 3 heterocycles. The maximum atomic E-state index is 12.9. The van der Waals surface area contributed by atoms with Crippen LogP contribution in [-0.4, -0.2) is 64.0 Å². The van der Waals surface area contributed by atoms with Crippen LogP contribution in [0.25, 0.3) is 17.2 Å². The van der Waals surface area contributed by atoms with Crippen LogP contribution in [-0.2, 0) is 9.59 Å². The lowest BCUT2D eigenvalue weighted by molar-refractivity contribution is -0.185. The minimum absolute atomic E-state index is 0.0265. The highest BCUT2D eigenvalue weighted by Crippen LogP contribution is 2.40. The van der Waals surface area contributed by atoms with Crippen molar-refractivity contribution in [2.75, 3.05) is 31.1 Å². The number of aromatic amines is 1. The molecule has 0 radical (unpaired) electrons. The fourth-order valence-corrected chi connectivity index (χ4v) is 4.43. The van der Waals surface area contributed by atoms with E-state index in [0.717, 1.165) is 0 Å². The molecule has 0 atom stereocenters. The van der Waals surface area contributed by atoms with Crippen LogP contribution in [0.3, 0.4) is 0 Å². The summed E-state index contributed by atoms with van der Waals surface area (Å²) in [7, 11) is 0. The van der Waals surface area contributed by atoms with E-state index in [-0.39, 0.29) is 24.7 Å². The normalized spacial score (nSPS) is 22.6. The maximum absolute atomic E-state index is 12.9. The Hall–Kier alpha value is -3.11. The highest BCUT2D eigenvalue weighted by molar-refractivity contribution is 5.93. The second-order valence-corrected chi connectivity index (χ2v) is 8.31. The predicted molar refractivity (Wildman–Crippen MR) is 112 cm³/mol. The van der Waals surface area contributed by atoms with Gasteiger partial charge in [0.2, 0.25) is 11.8 Å². The number of halogens is 3. The number of nitrogens with zero attached hydrogens (tertiary/aromatic N) is 4. The lowest BCUT2D eigenvalue weighted by Gasteiger charge is -2.38. The van der Waals surface area contributed by atoms with Gasteiger partial charge < -0.3 is 20.5 Å². The summed E-state index contributed by atoms with van der Waals surface area (Å²) >= 11 is 0. The zero-order valence-electron chi connectivity index (χ0n) is 17.4. The molecule has 1 saturated heterocycles. The molecule has 11 heteroatoms. The van der Waals surface area contributed by atoms with Crippen molar-refractivity contribution in [3.05, 3.63) is 24.0 Å². The minimum Gasteiger partial charge on any atom is -0.366 e. The van der Waals surface area contributed by atoms with Crippen LogP contribution in [0, 0.1) is 11.8 Å². The topological polar surface area (TPSA) is 108 Å². The van der Waals surface area contributed by atoms with Crippen LogP contribution >= 0.6 is 0 Å². The fourth-order valence-electron chi connectivity index (χ4n) is 4.43. The first-order chi connectivity index (χ1) is 15.2. The van der Waals surface area contributed by atoms with Gasteiger partial charge in [-0.05, 0) is 31.8 Å². The van der Waals surface area contributed by atoms with E-state index in [1.54, 1.807) is 23.4 Å². The SMILES string of the molecule is NC(=O)C=Cc1c[nH]c2ncc(N3CCN(C(=O)C4CCC(C(F)(F)F)CC4)CC3)nc12. The molecular weight excluding hydrogens is 425 g/mol. The lowest BCUT2D eigenvalue weighted by atomic mass is 9.81. The standard InChI is InChI=1S/C21H25F3N6O2/c22-21(23,24)15-4-1-13(2-5-15)20(32)30-9-7-29(8-10-30)17-12-27-19-18(28-17)14(11-26-19)3-6-16(25)31/h3,6,11-13,15H,1-2,4-5,7-10H2,(H2,25,31)(H,26,27). The van der Waals surface area contributed by atoms with E-state index < -0.39 is 18.0 Å². The van der Waals surface area contributed by atoms with E-state index in [1.807, 2.05) is 4.90 Å². The quantitative estimate of drug-likeness (QED) is 0.696. The maximum Gasteiger partial charge on any atom is 0.391 e. The molecule has 0 unspecified atom stereocenters. The molecule has 1 aliphatic heterocycles. The highest BCUT2D eigenvalue weighted by atomic mass is 19.4. The van der Waals surface area contributed by atoms with Gasteiger partial charge in [0, 0.05) is 49.9 Å². The molecule has 8 nitrogen and oxygen atoms in total. The van der Waals surface area contributed by atoms with Gasteiger partial charge in [-0.3, -0.25) is 9.59 Å². The number of hydrogen-bond donors (Lipinski definition) is 2. The molecule has 2 aromatic heterocycles. The molecule has 0 bridgehead atoms. The number of hydrogen-bond acceptors (Lipinski definition) is 5. The number of anilines is 1. The number of H-pyrrole nitrogens is 1. The van der Waals surface area contributed by atoms with Crippen molar-refractivity contribution in [1.82, 2.24) is 19.9 Å². The van der Waals surface area contributed by atoms with Crippen molar-refractivity contribution in [3.8, 4) is 0 Å². The monoisotopic (exact) mass is 450 g/mol. The van der Waals surface area contributed by atoms with E-state index in [1.165, 1.54) is 6.08 Å². The number of carbonyl (C=O) groups excluding carboxylic acids is 2. The summed E-state index contributed by atoms with van der Waals surface area (Å²) in [4.78, 5) is 39.6. The molecule has 0 spiro atoms. The number of carbonyl (C=O) groups is 2. The zero-order valence-corrected chi connectivity index (χ0v) is 17.4. The van der Waals surface area contributed by atoms with Gasteiger partial charge in [-0.2, -0.15) is 13.2 Å². The Morgan fingerprint density at radius 3 is 2.44 bits per heavy atom. The number of nitrogens with one attached hydrogen (secondary N) is 1. The Morgan fingerprint density at radius 2 is 1.81 bits per heavy atom. The smallest absolute Gasteiger partial charge is 0.366 e. The van der Waals surface area contributed by atoms with Crippen molar-refractivity contribution < 1.29 is 22.8 Å². The average Bonchev–Trinajstić information content (AvgIpc) is 3.19. The molecule has 2 amide bonds. The van der Waals surface area contributed by atoms with Crippen molar-refractivity contribution in [2.45, 2.75) is 31.9 Å². The van der Waals surface area contributed by atoms with E-state index >= 15 is 0 Å². The zero-order chi connectivity index (χ0) is 22.9. The number of amides is 2. The van der Waals surface area contributed by atoms with Crippen LogP contribution < -0.4 is 10.6 Å². The van der Waals surface area contributed by atoms with Gasteiger partial charge in [0.1, 0.15) is 11.3 Å². The van der Waals surface area contributed by atoms with Gasteiger partial charge in [0.15, 0.2) is 5.65 Å². The van der Waals surface area contributed by atoms with Crippen molar-refractivity contribution in [3.63, 3.8) is 0 Å². The number of rotatable bonds is 4. The van der Waals surface area contributed by atoms with Gasteiger partial charge >= 0.3 is 6.18 Å². The third-order valence-corrected chi connectivity index (χ3v) is 6.28. The third-order valence-electron chi connectivity index (χ3n) is 6.28. The minimum atomic E-state index is -4.17. The summed E-state index contributed by atoms with van der Waals surface area (Å²) in [6, 6.07) is 0. The van der Waals surface area contributed by atoms with Gasteiger partial charge in [0.25, 0.3) is 0 Å². The number of nitrogens with two attached hydrogens (primary N) is 1. The molecule has 0 aromatic carbocycles. The second kappa shape index (κ2) is 8.79. The average molecular weight is 450 g/mol. The lowest BCUT2D eigenvalue weighted by Crippen LogP contribution is -2.51. The molecule has 1 saturated carbocycles. The van der Waals surface area contributed by atoms with E-state index in [4.69, 9.17) is 5.73 Å². The predicted octanol–water partition coefficient (Wildman–Crippen LogP) is 2.47. The van der Waals surface area contributed by atoms with Crippen LogP contribution in [0.1, 0.15) is 31.2 Å². The Labute approximate surface area is 182 Å². The second-order valence-electron chi connectivity index (χ2n) is 8.31. The number of piperazine rings is 1. The highest BCUT2D eigenvalue weighted by Gasteiger charge is 2.43. The molecule has 2 aromatic rings. The first-order valence-electron chi connectivity index (χ1n) is 10.6. The van der Waals surface area contributed by atoms with E-state index in [9.17, 15) is 22.8 Å². The third kappa shape index (κ3) is 4.71. The van der Waals surface area contributed by atoms with Crippen molar-refractivity contribution >= 4 is 34.9 Å². The Bertz CT molecular complexity index is 1020. The molecule has 32 heavy (non-hydrogen) atoms. The van der Waals surface area contributed by atoms with Crippen LogP contribution in [0.4, 0.5) is 19.0 Å². The van der Waals surface area contributed by atoms with Gasteiger partial charge in [-0.1, -0.05) is 0 Å². The largest absolute Gasteiger partial charge is 0.391 e. The fraction of sp³-hybridized carbons (Fsp3) is 0.524. The molecule has 2 fully saturated rings. The summed E-state index contributed by atoms with van der Waals surface area (Å²) in [5, 5.41) is 0. The Balaban J connectivity index is 1.36. The molecule has 2 aliphatic rings. The van der Waals surface area contributed by atoms with Gasteiger partial charge in [0.05, 0.1) is 12.1 Å². The van der Waals surface area contributed by atoms with E-state index in [2.05, 4.69) is 15.0 Å². The molecule has 4 rings (SSSR count). The van der Waals surface area contributed by atoms with Crippen molar-refractivity contribution in [2.24, 2.45) is 17.6 Å². The van der Waals surface area contributed by atoms with Gasteiger partial charge in [-0.15, -0.1) is 0 Å². The van der Waals surface area contributed by atoms with Gasteiger partial charge in [-0.25, -0.2) is 9.97 Å². The summed E-state index contributed by atoms with van der Waals surface area (Å²) < 4.78 is 38.6. The molecule has 172 valence electrons. The summed E-state index contributed by atoms with van der Waals surface area (Å²) in [5.41, 5.74) is 7.04. The molecular formula is C21H25F3N6O2. The van der Waals surface area contributed by atoms with Crippen LogP contribution in [0.2, 0.25) is 0 Å². The summed E-state index contributed by atoms with van der Waals surface area (Å²) in [5.74, 6) is -1.56. The number of fused-ring (bicyclic) bond motifs is 1. The number of aromatic nitrogens is 3. The van der Waals surface area contributed by atoms with Crippen LogP contribution in [0.5, 0.6) is 0 Å². The first-order valence-corrected chi connectivity index (χ1v) is 10.6. The number of alkyl halides is 3. The number of primary amides is 1. The Kier molecular flexibility index (Phi) is 6.07. The van der Waals surface area contributed by atoms with Crippen molar-refractivity contribution in [1.29, 1.82) is 0 Å². The molecule has 3 N–H and O–H groups in total. The first kappa shape index (κ1) is 22.1. The summed E-state index contributed by atoms with van der Waals surface area (Å²) in [6.45, 7) is 2.08. The van der Waals surface area contributed by atoms with Crippen LogP contribution in [0.15, 0.2) is 18.5 Å². The summed E-state index contributed by atoms with van der Waals surface area (Å²) in [6.07, 6.45) is 2.64. The van der Waals surface area contributed by atoms with E-state index in [0.29, 0.717) is 61.6 Å². The molecule has 1 aliphatic carbocycles.